The van der Waals surface area contributed by atoms with E-state index in [4.69, 9.17) is 84.6 Å². The van der Waals surface area contributed by atoms with Gasteiger partial charge in [-0.3, -0.25) is 4.79 Å². The van der Waals surface area contributed by atoms with E-state index in [-0.39, 0.29) is 47.7 Å². The predicted molar refractivity (Wildman–Crippen MR) is 153 cm³/mol. The maximum Gasteiger partial charge on any atom is 0.338 e. The number of hydrogen-bond acceptors (Lipinski definition) is 7. The summed E-state index contributed by atoms with van der Waals surface area (Å²) in [5.74, 6) is -1.74. The minimum Gasteiger partial charge on any atom is -0.497 e. The van der Waals surface area contributed by atoms with Gasteiger partial charge in [0.25, 0.3) is 0 Å². The third-order valence-corrected chi connectivity index (χ3v) is 6.02. The first-order valence-corrected chi connectivity index (χ1v) is 12.7. The molecule has 0 unspecified atom stereocenters. The molecule has 208 valence electrons. The Kier molecular flexibility index (Phi) is 12.9. The Hall–Kier alpha value is -3.18. The van der Waals surface area contributed by atoms with Crippen LogP contribution >= 0.6 is 69.6 Å². The lowest BCUT2D eigenvalue weighted by Crippen LogP contribution is -2.03. The monoisotopic (exact) mass is 663 g/mol. The number of ether oxygens (including phenoxy) is 1. The number of hydrogen-bond donors (Lipinski definition) is 2. The second-order valence-electron chi connectivity index (χ2n) is 7.10. The zero-order valence-electron chi connectivity index (χ0n) is 19.9. The van der Waals surface area contributed by atoms with Gasteiger partial charge in [-0.2, -0.15) is 0 Å². The van der Waals surface area contributed by atoms with Gasteiger partial charge in [-0.15, -0.1) is 0 Å². The molecule has 0 bridgehead atoms. The second kappa shape index (κ2) is 15.6. The predicted octanol–water partition coefficient (Wildman–Crippen LogP) is 7.80. The molecule has 3 heterocycles. The van der Waals surface area contributed by atoms with E-state index in [0.29, 0.717) is 16.9 Å². The van der Waals surface area contributed by atoms with E-state index in [2.05, 4.69) is 15.0 Å². The number of nitrogens with zero attached hydrogens (tertiary/aromatic N) is 3. The van der Waals surface area contributed by atoms with Gasteiger partial charge >= 0.3 is 11.9 Å². The number of methoxy groups -OCH3 is 1. The molecule has 0 spiro atoms. The molecule has 40 heavy (non-hydrogen) atoms. The lowest BCUT2D eigenvalue weighted by Gasteiger charge is -2.04. The summed E-state index contributed by atoms with van der Waals surface area (Å²) in [6, 6.07) is 13.8. The number of carbonyl (C=O) groups excluding carboxylic acids is 1. The van der Waals surface area contributed by atoms with E-state index in [9.17, 15) is 14.4 Å². The van der Waals surface area contributed by atoms with Crippen LogP contribution in [0.15, 0.2) is 60.8 Å². The van der Waals surface area contributed by atoms with E-state index in [1.165, 1.54) is 24.3 Å². The van der Waals surface area contributed by atoms with E-state index in [0.717, 1.165) is 6.20 Å². The lowest BCUT2D eigenvalue weighted by molar-refractivity contribution is 0.0685. The molecule has 0 aliphatic heterocycles. The molecular formula is C25H15Cl6N3O6. The summed E-state index contributed by atoms with van der Waals surface area (Å²) in [5.41, 5.74) is 0.750. The lowest BCUT2D eigenvalue weighted by atomic mass is 10.1. The van der Waals surface area contributed by atoms with Crippen LogP contribution in [0.3, 0.4) is 0 Å². The van der Waals surface area contributed by atoms with Crippen molar-refractivity contribution >= 4 is 87.3 Å². The van der Waals surface area contributed by atoms with Crippen molar-refractivity contribution in [2.45, 2.75) is 0 Å². The fourth-order valence-electron chi connectivity index (χ4n) is 2.62. The first-order valence-electron chi connectivity index (χ1n) is 10.4. The Morgan fingerprint density at radius 2 is 1.18 bits per heavy atom. The maximum absolute atomic E-state index is 12.2. The third kappa shape index (κ3) is 9.78. The summed E-state index contributed by atoms with van der Waals surface area (Å²) in [4.78, 5) is 43.8. The Morgan fingerprint density at radius 1 is 0.675 bits per heavy atom. The van der Waals surface area contributed by atoms with Gasteiger partial charge in [0, 0.05) is 11.8 Å². The molecule has 0 aliphatic rings. The number of carbonyl (C=O) groups is 3. The summed E-state index contributed by atoms with van der Waals surface area (Å²) in [5, 5.41) is 17.7. The minimum absolute atomic E-state index is 0.0453. The summed E-state index contributed by atoms with van der Waals surface area (Å²) in [7, 11) is 1.57. The van der Waals surface area contributed by atoms with Gasteiger partial charge in [0.05, 0.1) is 28.8 Å². The van der Waals surface area contributed by atoms with Crippen molar-refractivity contribution in [1.82, 2.24) is 15.0 Å². The zero-order valence-corrected chi connectivity index (χ0v) is 24.4. The Balaban J connectivity index is 0.000000222. The van der Waals surface area contributed by atoms with Gasteiger partial charge in [-0.05, 0) is 54.6 Å². The largest absolute Gasteiger partial charge is 0.497 e. The highest BCUT2D eigenvalue weighted by Crippen LogP contribution is 2.22. The van der Waals surface area contributed by atoms with Crippen LogP contribution in [0.25, 0.3) is 0 Å². The molecule has 4 aromatic rings. The van der Waals surface area contributed by atoms with E-state index in [1.54, 1.807) is 37.4 Å². The normalized spacial score (nSPS) is 9.88. The number of aromatic carboxylic acids is 2. The van der Waals surface area contributed by atoms with Crippen LogP contribution in [0.1, 0.15) is 36.6 Å². The zero-order chi connectivity index (χ0) is 30.0. The number of carboxylic acid groups (broad SMARTS) is 2. The van der Waals surface area contributed by atoms with Crippen molar-refractivity contribution in [3.63, 3.8) is 0 Å². The second-order valence-corrected chi connectivity index (χ2v) is 9.38. The number of halogens is 6. The minimum atomic E-state index is -1.11. The molecule has 0 radical (unpaired) electrons. The van der Waals surface area contributed by atoms with Crippen LogP contribution in [0.5, 0.6) is 5.75 Å². The molecule has 0 aliphatic carbocycles. The number of aromatic nitrogens is 3. The van der Waals surface area contributed by atoms with Gasteiger partial charge in [0.2, 0.25) is 0 Å². The Bertz CT molecular complexity index is 1470. The summed E-state index contributed by atoms with van der Waals surface area (Å²) in [6.45, 7) is 0. The van der Waals surface area contributed by atoms with Crippen molar-refractivity contribution in [2.24, 2.45) is 0 Å². The number of carboxylic acids is 2. The molecule has 3 aromatic heterocycles. The van der Waals surface area contributed by atoms with Crippen LogP contribution in [-0.4, -0.2) is 50.0 Å². The highest BCUT2D eigenvalue weighted by atomic mass is 35.5. The number of benzene rings is 1. The molecule has 15 heteroatoms. The van der Waals surface area contributed by atoms with E-state index in [1.807, 2.05) is 0 Å². The molecule has 0 saturated carbocycles. The highest BCUT2D eigenvalue weighted by Gasteiger charge is 2.14. The highest BCUT2D eigenvalue weighted by molar-refractivity contribution is 6.36. The van der Waals surface area contributed by atoms with Crippen LogP contribution < -0.4 is 4.74 Å². The number of ketones is 1. The average Bonchev–Trinajstić information content (AvgIpc) is 2.88. The molecule has 0 fully saturated rings. The third-order valence-electron chi connectivity index (χ3n) is 4.51. The van der Waals surface area contributed by atoms with Crippen LogP contribution in [0.2, 0.25) is 30.8 Å². The van der Waals surface area contributed by atoms with Crippen LogP contribution in [-0.2, 0) is 0 Å². The quantitative estimate of drug-likeness (QED) is 0.161. The van der Waals surface area contributed by atoms with E-state index >= 15 is 0 Å². The van der Waals surface area contributed by atoms with Gasteiger partial charge in [-0.1, -0.05) is 69.6 Å². The smallest absolute Gasteiger partial charge is 0.338 e. The van der Waals surface area contributed by atoms with Gasteiger partial charge in [0.15, 0.2) is 5.78 Å². The molecule has 0 amide bonds. The molecule has 4 rings (SSSR count). The van der Waals surface area contributed by atoms with Crippen molar-refractivity contribution in [3.05, 3.63) is 114 Å². The van der Waals surface area contributed by atoms with Gasteiger partial charge in [-0.25, -0.2) is 24.5 Å². The van der Waals surface area contributed by atoms with E-state index < -0.39 is 11.9 Å². The fraction of sp³-hybridized carbons (Fsp3) is 0.0400. The molecular weight excluding hydrogens is 651 g/mol. The van der Waals surface area contributed by atoms with Gasteiger partial charge in [0.1, 0.15) is 31.5 Å². The Labute approximate surface area is 257 Å². The number of rotatable bonds is 5. The maximum atomic E-state index is 12.2. The summed E-state index contributed by atoms with van der Waals surface area (Å²) < 4.78 is 5.03. The average molecular weight is 666 g/mol. The summed E-state index contributed by atoms with van der Waals surface area (Å²) in [6.07, 6.45) is 1.12. The van der Waals surface area contributed by atoms with Crippen molar-refractivity contribution < 1.29 is 29.3 Å². The van der Waals surface area contributed by atoms with Gasteiger partial charge < -0.3 is 14.9 Å². The molecule has 9 nitrogen and oxygen atoms in total. The fourth-order valence-corrected chi connectivity index (χ4v) is 3.92. The first-order chi connectivity index (χ1) is 18.8. The molecule has 1 aromatic carbocycles. The van der Waals surface area contributed by atoms with Crippen LogP contribution in [0.4, 0.5) is 0 Å². The number of pyridine rings is 3. The molecule has 2 N–H and O–H groups in total. The van der Waals surface area contributed by atoms with Crippen molar-refractivity contribution in [1.29, 1.82) is 0 Å². The Morgan fingerprint density at radius 3 is 1.60 bits per heavy atom. The summed E-state index contributed by atoms with van der Waals surface area (Å²) >= 11 is 33.4. The molecule has 0 saturated heterocycles. The van der Waals surface area contributed by atoms with Crippen molar-refractivity contribution in [2.75, 3.05) is 7.11 Å². The van der Waals surface area contributed by atoms with Crippen LogP contribution in [0, 0.1) is 0 Å². The first kappa shape index (κ1) is 33.0. The topological polar surface area (TPSA) is 140 Å². The van der Waals surface area contributed by atoms with Crippen molar-refractivity contribution in [3.8, 4) is 5.75 Å². The standard InChI is InChI=1S/C13H9Cl2NO2.2C6H3Cl2NO2/c1-18-9-4-2-8(3-5-9)12(17)10-6-7-11(14)16-13(10)15;7-4-1-5(8)9-2-3(4)6(10)11;7-4-2-1-3(6(10)11)5(8)9-4/h2-7H,1H3;2*1-2H,(H,10,11). The molecule has 0 atom stereocenters. The SMILES string of the molecule is COc1ccc(C(=O)c2ccc(Cl)nc2Cl)cc1.O=C(O)c1ccc(Cl)nc1Cl.O=C(O)c1cnc(Cl)cc1Cl.